The predicted octanol–water partition coefficient (Wildman–Crippen LogP) is 3.84. The van der Waals surface area contributed by atoms with Crippen LogP contribution in [0.15, 0.2) is 29.6 Å². The van der Waals surface area contributed by atoms with Gasteiger partial charge < -0.3 is 9.64 Å². The summed E-state index contributed by atoms with van der Waals surface area (Å²) in [7, 11) is 1.59. The molecule has 0 radical (unpaired) electrons. The second-order valence-electron chi connectivity index (χ2n) is 6.56. The molecule has 1 fully saturated rings. The number of aryl methyl sites for hydroxylation is 1. The lowest BCUT2D eigenvalue weighted by atomic mass is 9.90. The highest BCUT2D eigenvalue weighted by Crippen LogP contribution is 2.24. The Morgan fingerprint density at radius 3 is 3.00 bits per heavy atom. The summed E-state index contributed by atoms with van der Waals surface area (Å²) >= 11 is 1.54. The third-order valence-corrected chi connectivity index (χ3v) is 5.58. The quantitative estimate of drug-likeness (QED) is 0.723. The number of piperidine rings is 1. The zero-order chi connectivity index (χ0) is 18.5. The number of methoxy groups -OCH3 is 1. The van der Waals surface area contributed by atoms with Gasteiger partial charge in [0.2, 0.25) is 0 Å². The van der Waals surface area contributed by atoms with E-state index in [0.717, 1.165) is 30.7 Å². The van der Waals surface area contributed by atoms with Crippen molar-refractivity contribution in [3.8, 4) is 5.75 Å². The van der Waals surface area contributed by atoms with Crippen LogP contribution >= 0.6 is 11.3 Å². The number of rotatable bonds is 6. The Morgan fingerprint density at radius 1 is 1.38 bits per heavy atom. The van der Waals surface area contributed by atoms with Crippen LogP contribution in [0.25, 0.3) is 0 Å². The van der Waals surface area contributed by atoms with Gasteiger partial charge in [-0.2, -0.15) is 0 Å². The Morgan fingerprint density at radius 2 is 2.23 bits per heavy atom. The van der Waals surface area contributed by atoms with Gasteiger partial charge in [0.05, 0.1) is 12.1 Å². The van der Waals surface area contributed by atoms with Crippen LogP contribution in [0.3, 0.4) is 0 Å². The van der Waals surface area contributed by atoms with Crippen molar-refractivity contribution in [2.45, 2.75) is 32.6 Å². The molecule has 26 heavy (non-hydrogen) atoms. The lowest BCUT2D eigenvalue weighted by molar-refractivity contribution is 0.0632. The normalized spacial score (nSPS) is 17.2. The molecule has 0 aliphatic carbocycles. The van der Waals surface area contributed by atoms with Crippen LogP contribution in [0.4, 0.5) is 0 Å². The minimum Gasteiger partial charge on any atom is -0.497 e. The smallest absolute Gasteiger partial charge is 0.273 e. The fraction of sp³-hybridized carbons (Fsp3) is 0.450. The van der Waals surface area contributed by atoms with Crippen molar-refractivity contribution in [3.63, 3.8) is 0 Å². The Balaban J connectivity index is 1.69. The van der Waals surface area contributed by atoms with Crippen LogP contribution in [0, 0.1) is 5.92 Å². The molecule has 1 aliphatic heterocycles. The minimum atomic E-state index is -0.173. The average Bonchev–Trinajstić information content (AvgIpc) is 3.16. The van der Waals surface area contributed by atoms with Crippen molar-refractivity contribution < 1.29 is 14.3 Å². The number of Topliss-reactive ketones (excluding diaryl/α,β-unsaturated/α-hetero) is 1. The van der Waals surface area contributed by atoms with Gasteiger partial charge in [0.25, 0.3) is 5.91 Å². The standard InChI is InChI=1S/C20H24N2O3S/c1-3-6-18-21-17(13-26-18)20(24)22-10-5-8-15(12-22)19(23)14-7-4-9-16(11-14)25-2/h4,7,9,11,13,15H,3,5-6,8,10,12H2,1-2H3. The van der Waals surface area contributed by atoms with E-state index >= 15 is 0 Å². The number of likely N-dealkylation sites (tertiary alicyclic amines) is 1. The van der Waals surface area contributed by atoms with Gasteiger partial charge in [-0.3, -0.25) is 9.59 Å². The first-order chi connectivity index (χ1) is 12.6. The van der Waals surface area contributed by atoms with E-state index in [1.807, 2.05) is 23.6 Å². The summed E-state index contributed by atoms with van der Waals surface area (Å²) in [5, 5.41) is 2.83. The van der Waals surface area contributed by atoms with Gasteiger partial charge in [-0.05, 0) is 37.8 Å². The van der Waals surface area contributed by atoms with Crippen LogP contribution in [-0.2, 0) is 6.42 Å². The molecule has 2 aromatic rings. The molecule has 0 spiro atoms. The maximum absolute atomic E-state index is 12.9. The number of amides is 1. The van der Waals surface area contributed by atoms with E-state index in [9.17, 15) is 9.59 Å². The van der Waals surface area contributed by atoms with Gasteiger partial charge in [0.15, 0.2) is 5.78 Å². The first-order valence-electron chi connectivity index (χ1n) is 9.04. The lowest BCUT2D eigenvalue weighted by Gasteiger charge is -2.31. The van der Waals surface area contributed by atoms with Crippen LogP contribution in [0.5, 0.6) is 5.75 Å². The molecule has 1 atom stereocenters. The topological polar surface area (TPSA) is 59.5 Å². The van der Waals surface area contributed by atoms with E-state index in [0.29, 0.717) is 30.1 Å². The first-order valence-corrected chi connectivity index (χ1v) is 9.92. The highest BCUT2D eigenvalue weighted by molar-refractivity contribution is 7.09. The number of thiazole rings is 1. The van der Waals surface area contributed by atoms with E-state index in [-0.39, 0.29) is 17.6 Å². The van der Waals surface area contributed by atoms with E-state index < -0.39 is 0 Å². The fourth-order valence-electron chi connectivity index (χ4n) is 3.29. The molecule has 1 saturated heterocycles. The average molecular weight is 372 g/mol. The molecule has 0 bridgehead atoms. The predicted molar refractivity (Wildman–Crippen MR) is 102 cm³/mol. The maximum atomic E-state index is 12.9. The molecule has 0 saturated carbocycles. The van der Waals surface area contributed by atoms with E-state index in [1.165, 1.54) is 11.3 Å². The SMILES string of the molecule is CCCc1nc(C(=O)N2CCCC(C(=O)c3cccc(OC)c3)C2)cs1. The van der Waals surface area contributed by atoms with Crippen molar-refractivity contribution in [2.24, 2.45) is 5.92 Å². The van der Waals surface area contributed by atoms with Gasteiger partial charge >= 0.3 is 0 Å². The van der Waals surface area contributed by atoms with Crippen molar-refractivity contribution in [2.75, 3.05) is 20.2 Å². The Bertz CT molecular complexity index is 787. The van der Waals surface area contributed by atoms with Crippen molar-refractivity contribution in [3.05, 3.63) is 45.9 Å². The number of carbonyl (C=O) groups is 2. The molecule has 0 N–H and O–H groups in total. The van der Waals surface area contributed by atoms with Gasteiger partial charge in [0, 0.05) is 30.0 Å². The molecular formula is C20H24N2O3S. The first kappa shape index (κ1) is 18.6. The van der Waals surface area contributed by atoms with Crippen LogP contribution in [-0.4, -0.2) is 41.8 Å². The maximum Gasteiger partial charge on any atom is 0.273 e. The van der Waals surface area contributed by atoms with Crippen molar-refractivity contribution in [1.82, 2.24) is 9.88 Å². The molecule has 1 aromatic heterocycles. The molecule has 5 nitrogen and oxygen atoms in total. The fourth-order valence-corrected chi connectivity index (χ4v) is 4.16. The summed E-state index contributed by atoms with van der Waals surface area (Å²) in [6, 6.07) is 7.22. The molecule has 3 rings (SSSR count). The molecule has 2 heterocycles. The van der Waals surface area contributed by atoms with Gasteiger partial charge in [-0.15, -0.1) is 11.3 Å². The van der Waals surface area contributed by atoms with Crippen molar-refractivity contribution >= 4 is 23.0 Å². The largest absolute Gasteiger partial charge is 0.497 e. The summed E-state index contributed by atoms with van der Waals surface area (Å²) in [5.41, 5.74) is 1.15. The van der Waals surface area contributed by atoms with Gasteiger partial charge in [-0.25, -0.2) is 4.98 Å². The zero-order valence-corrected chi connectivity index (χ0v) is 16.1. The summed E-state index contributed by atoms with van der Waals surface area (Å²) < 4.78 is 5.21. The number of benzene rings is 1. The summed E-state index contributed by atoms with van der Waals surface area (Å²) in [4.78, 5) is 31.8. The van der Waals surface area contributed by atoms with Gasteiger partial charge in [-0.1, -0.05) is 19.1 Å². The second kappa shape index (κ2) is 8.45. The Labute approximate surface area is 158 Å². The van der Waals surface area contributed by atoms with E-state index in [4.69, 9.17) is 4.74 Å². The molecule has 1 aliphatic rings. The molecule has 1 aromatic carbocycles. The summed E-state index contributed by atoms with van der Waals surface area (Å²) in [5.74, 6) is 0.511. The molecule has 1 unspecified atom stereocenters. The second-order valence-corrected chi connectivity index (χ2v) is 7.51. The lowest BCUT2D eigenvalue weighted by Crippen LogP contribution is -2.42. The third-order valence-electron chi connectivity index (χ3n) is 4.67. The molecule has 138 valence electrons. The number of aromatic nitrogens is 1. The molecule has 1 amide bonds. The molecule has 6 heteroatoms. The third kappa shape index (κ3) is 4.12. The Kier molecular flexibility index (Phi) is 6.04. The van der Waals surface area contributed by atoms with Gasteiger partial charge in [0.1, 0.15) is 11.4 Å². The van der Waals surface area contributed by atoms with Crippen LogP contribution in [0.2, 0.25) is 0 Å². The zero-order valence-electron chi connectivity index (χ0n) is 15.2. The number of nitrogens with zero attached hydrogens (tertiary/aromatic N) is 2. The summed E-state index contributed by atoms with van der Waals surface area (Å²) in [6.45, 7) is 3.24. The number of hydrogen-bond acceptors (Lipinski definition) is 5. The van der Waals surface area contributed by atoms with E-state index in [2.05, 4.69) is 11.9 Å². The number of carbonyl (C=O) groups excluding carboxylic acids is 2. The van der Waals surface area contributed by atoms with Crippen LogP contribution < -0.4 is 4.74 Å². The Hall–Kier alpha value is -2.21. The van der Waals surface area contributed by atoms with Crippen LogP contribution in [0.1, 0.15) is 52.0 Å². The highest BCUT2D eigenvalue weighted by Gasteiger charge is 2.30. The minimum absolute atomic E-state index is 0.0632. The monoisotopic (exact) mass is 372 g/mol. The number of hydrogen-bond donors (Lipinski definition) is 0. The summed E-state index contributed by atoms with van der Waals surface area (Å²) in [6.07, 6.45) is 3.55. The number of ketones is 1. The van der Waals surface area contributed by atoms with E-state index in [1.54, 1.807) is 18.1 Å². The number of ether oxygens (including phenoxy) is 1. The molecular weight excluding hydrogens is 348 g/mol. The van der Waals surface area contributed by atoms with Crippen molar-refractivity contribution in [1.29, 1.82) is 0 Å². The highest BCUT2D eigenvalue weighted by atomic mass is 32.1.